The molecule has 0 aliphatic carbocycles. The molecule has 0 aliphatic heterocycles. The van der Waals surface area contributed by atoms with Gasteiger partial charge in [-0.1, -0.05) is 18.5 Å². The van der Waals surface area contributed by atoms with Gasteiger partial charge in [0, 0.05) is 5.03 Å². The summed E-state index contributed by atoms with van der Waals surface area (Å²) in [7, 11) is 0. The van der Waals surface area contributed by atoms with E-state index in [0.717, 1.165) is 0 Å². The first-order valence-corrected chi connectivity index (χ1v) is 3.56. The summed E-state index contributed by atoms with van der Waals surface area (Å²) in [5.41, 5.74) is 0. The van der Waals surface area contributed by atoms with E-state index < -0.39 is 0 Å². The molecule has 0 N–H and O–H groups in total. The van der Waals surface area contributed by atoms with Crippen molar-refractivity contribution in [3.63, 3.8) is 0 Å². The molecule has 52 valence electrons. The zero-order valence-corrected chi connectivity index (χ0v) is 6.67. The minimum absolute atomic E-state index is 0.0101. The van der Waals surface area contributed by atoms with Gasteiger partial charge in [-0.3, -0.25) is 4.79 Å². The maximum Gasteiger partial charge on any atom is 0.171 e. The Kier molecular flexibility index (Phi) is 4.83. The molecule has 0 rings (SSSR count). The highest BCUT2D eigenvalue weighted by atomic mass is 35.5. The Morgan fingerprint density at radius 1 is 1.67 bits per heavy atom. The van der Waals surface area contributed by atoms with Gasteiger partial charge in [-0.05, 0) is 12.5 Å². The van der Waals surface area contributed by atoms with Crippen LogP contribution in [0.15, 0.2) is 11.1 Å². The summed E-state index contributed by atoms with van der Waals surface area (Å²) in [5, 5.41) is 0.556. The topological polar surface area (TPSA) is 17.1 Å². The Morgan fingerprint density at radius 3 is 2.56 bits per heavy atom. The molecule has 0 aromatic carbocycles. The quantitative estimate of drug-likeness (QED) is 0.465. The molecule has 1 nitrogen and oxygen atoms in total. The summed E-state index contributed by atoms with van der Waals surface area (Å²) < 4.78 is 0. The number of ketones is 1. The summed E-state index contributed by atoms with van der Waals surface area (Å²) in [6.45, 7) is 1.88. The highest BCUT2D eigenvalue weighted by Crippen LogP contribution is 2.05. The van der Waals surface area contributed by atoms with Crippen LogP contribution in [0, 0.1) is 0 Å². The van der Waals surface area contributed by atoms with Crippen LogP contribution in [-0.2, 0) is 4.79 Å². The van der Waals surface area contributed by atoms with Gasteiger partial charge in [0.15, 0.2) is 5.78 Å². The number of hydrogen-bond donors (Lipinski definition) is 0. The summed E-state index contributed by atoms with van der Waals surface area (Å²) in [6.07, 6.45) is 2.04. The zero-order chi connectivity index (χ0) is 7.28. The zero-order valence-electron chi connectivity index (χ0n) is 5.16. The van der Waals surface area contributed by atoms with E-state index in [2.05, 4.69) is 0 Å². The number of hydrogen-bond acceptors (Lipinski definition) is 1. The second-order valence-electron chi connectivity index (χ2n) is 1.54. The highest BCUT2D eigenvalue weighted by molar-refractivity contribution is 6.34. The number of halogens is 2. The lowest BCUT2D eigenvalue weighted by Crippen LogP contribution is -1.93. The second-order valence-corrected chi connectivity index (χ2v) is 2.30. The first kappa shape index (κ1) is 8.99. The summed E-state index contributed by atoms with van der Waals surface area (Å²) in [4.78, 5) is 10.5. The second kappa shape index (κ2) is 4.83. The van der Waals surface area contributed by atoms with Crippen molar-refractivity contribution in [2.75, 3.05) is 5.88 Å². The van der Waals surface area contributed by atoms with Gasteiger partial charge in [0.1, 0.15) is 0 Å². The van der Waals surface area contributed by atoms with Gasteiger partial charge < -0.3 is 0 Å². The Hall–Kier alpha value is -0.0100. The molecule has 0 spiro atoms. The van der Waals surface area contributed by atoms with E-state index in [4.69, 9.17) is 23.2 Å². The fourth-order valence-corrected chi connectivity index (χ4v) is 0.514. The van der Waals surface area contributed by atoms with Gasteiger partial charge in [0.05, 0.1) is 5.88 Å². The Labute approximate surface area is 64.6 Å². The minimum Gasteiger partial charge on any atom is -0.293 e. The van der Waals surface area contributed by atoms with Crippen LogP contribution in [0.3, 0.4) is 0 Å². The molecule has 0 unspecified atom stereocenters. The van der Waals surface area contributed by atoms with Crippen molar-refractivity contribution in [3.05, 3.63) is 11.1 Å². The van der Waals surface area contributed by atoms with Gasteiger partial charge in [-0.25, -0.2) is 0 Å². The van der Waals surface area contributed by atoms with Crippen molar-refractivity contribution in [2.45, 2.75) is 13.3 Å². The fourth-order valence-electron chi connectivity index (χ4n) is 0.315. The molecule has 0 radical (unpaired) electrons. The first-order chi connectivity index (χ1) is 4.20. The molecule has 0 heterocycles. The third kappa shape index (κ3) is 4.49. The average Bonchev–Trinajstić information content (AvgIpc) is 1.87. The monoisotopic (exact) mass is 166 g/mol. The average molecular weight is 167 g/mol. The maximum atomic E-state index is 10.5. The molecule has 3 heteroatoms. The molecule has 0 fully saturated rings. The highest BCUT2D eigenvalue weighted by Gasteiger charge is 1.94. The smallest absolute Gasteiger partial charge is 0.171 e. The molecular formula is C6H8Cl2O. The molecule has 9 heavy (non-hydrogen) atoms. The lowest BCUT2D eigenvalue weighted by atomic mass is 10.3. The summed E-state index contributed by atoms with van der Waals surface area (Å²) in [5.74, 6) is -0.125. The van der Waals surface area contributed by atoms with Crippen molar-refractivity contribution >= 4 is 29.0 Å². The van der Waals surface area contributed by atoms with Crippen LogP contribution >= 0.6 is 23.2 Å². The molecule has 0 amide bonds. The summed E-state index contributed by atoms with van der Waals surface area (Å²) >= 11 is 10.7. The van der Waals surface area contributed by atoms with Crippen molar-refractivity contribution in [1.82, 2.24) is 0 Å². The third-order valence-electron chi connectivity index (χ3n) is 0.787. The van der Waals surface area contributed by atoms with E-state index in [9.17, 15) is 4.79 Å². The third-order valence-corrected chi connectivity index (χ3v) is 1.43. The number of carbonyl (C=O) groups excluding carboxylic acids is 1. The molecule has 0 aliphatic rings. The SMILES string of the molecule is CCC(Cl)=CC(=O)CCl. The molecule has 0 atom stereocenters. The molecule has 0 saturated carbocycles. The largest absolute Gasteiger partial charge is 0.293 e. The Morgan fingerprint density at radius 2 is 2.22 bits per heavy atom. The molecule has 0 aromatic rings. The minimum atomic E-state index is -0.136. The molecular weight excluding hydrogens is 159 g/mol. The standard InChI is InChI=1S/C6H8Cl2O/c1-2-5(8)3-6(9)4-7/h3H,2,4H2,1H3. The molecule has 0 aromatic heterocycles. The van der Waals surface area contributed by atoms with Gasteiger partial charge in [0.25, 0.3) is 0 Å². The number of alkyl halides is 1. The van der Waals surface area contributed by atoms with E-state index in [1.165, 1.54) is 6.08 Å². The van der Waals surface area contributed by atoms with Crippen molar-refractivity contribution in [3.8, 4) is 0 Å². The van der Waals surface area contributed by atoms with Crippen LogP contribution < -0.4 is 0 Å². The lowest BCUT2D eigenvalue weighted by Gasteiger charge is -1.87. The van der Waals surface area contributed by atoms with Gasteiger partial charge in [0.2, 0.25) is 0 Å². The predicted octanol–water partition coefficient (Wildman–Crippen LogP) is 2.33. The van der Waals surface area contributed by atoms with Crippen LogP contribution in [0.2, 0.25) is 0 Å². The van der Waals surface area contributed by atoms with Crippen LogP contribution in [-0.4, -0.2) is 11.7 Å². The fraction of sp³-hybridized carbons (Fsp3) is 0.500. The predicted molar refractivity (Wildman–Crippen MR) is 40.0 cm³/mol. The van der Waals surface area contributed by atoms with Crippen LogP contribution in [0.25, 0.3) is 0 Å². The van der Waals surface area contributed by atoms with Crippen molar-refractivity contribution < 1.29 is 4.79 Å². The van der Waals surface area contributed by atoms with E-state index in [1.54, 1.807) is 0 Å². The van der Waals surface area contributed by atoms with Gasteiger partial charge in [-0.2, -0.15) is 0 Å². The number of allylic oxidation sites excluding steroid dienone is 2. The van der Waals surface area contributed by atoms with E-state index in [-0.39, 0.29) is 11.7 Å². The Balaban J connectivity index is 3.79. The van der Waals surface area contributed by atoms with Gasteiger partial charge in [-0.15, -0.1) is 11.6 Å². The maximum absolute atomic E-state index is 10.5. The van der Waals surface area contributed by atoms with Crippen molar-refractivity contribution in [1.29, 1.82) is 0 Å². The van der Waals surface area contributed by atoms with E-state index in [1.807, 2.05) is 6.92 Å². The first-order valence-electron chi connectivity index (χ1n) is 2.65. The van der Waals surface area contributed by atoms with E-state index in [0.29, 0.717) is 11.5 Å². The van der Waals surface area contributed by atoms with Crippen molar-refractivity contribution in [2.24, 2.45) is 0 Å². The van der Waals surface area contributed by atoms with E-state index >= 15 is 0 Å². The number of rotatable bonds is 3. The Bertz CT molecular complexity index is 129. The van der Waals surface area contributed by atoms with Gasteiger partial charge >= 0.3 is 0 Å². The van der Waals surface area contributed by atoms with Crippen LogP contribution in [0.4, 0.5) is 0 Å². The van der Waals surface area contributed by atoms with Crippen LogP contribution in [0.1, 0.15) is 13.3 Å². The normalized spacial score (nSPS) is 11.7. The number of carbonyl (C=O) groups is 1. The lowest BCUT2D eigenvalue weighted by molar-refractivity contribution is -0.112. The van der Waals surface area contributed by atoms with Crippen LogP contribution in [0.5, 0.6) is 0 Å². The molecule has 0 saturated heterocycles. The summed E-state index contributed by atoms with van der Waals surface area (Å²) in [6, 6.07) is 0. The molecule has 0 bridgehead atoms.